The third kappa shape index (κ3) is 3.01. The molecule has 0 aliphatic carbocycles. The van der Waals surface area contributed by atoms with Gasteiger partial charge in [0.05, 0.1) is 24.8 Å². The molecule has 16 heavy (non-hydrogen) atoms. The predicted octanol–water partition coefficient (Wildman–Crippen LogP) is 0.125. The summed E-state index contributed by atoms with van der Waals surface area (Å²) in [7, 11) is 1.66. The third-order valence-corrected chi connectivity index (χ3v) is 1.85. The zero-order valence-electron chi connectivity index (χ0n) is 9.10. The lowest BCUT2D eigenvalue weighted by molar-refractivity contribution is -0.153. The predicted molar refractivity (Wildman–Crippen MR) is 53.8 cm³/mol. The van der Waals surface area contributed by atoms with Gasteiger partial charge in [0.1, 0.15) is 0 Å². The summed E-state index contributed by atoms with van der Waals surface area (Å²) in [5, 5.41) is 3.79. The van der Waals surface area contributed by atoms with Crippen molar-refractivity contribution >= 4 is 17.5 Å². The maximum absolute atomic E-state index is 11.5. The smallest absolute Gasteiger partial charge is 0.375 e. The third-order valence-electron chi connectivity index (χ3n) is 1.85. The number of rotatable bonds is 5. The number of hydrogen-bond acceptors (Lipinski definition) is 5. The minimum atomic E-state index is -0.972. The first-order valence-corrected chi connectivity index (χ1v) is 4.76. The van der Waals surface area contributed by atoms with Gasteiger partial charge in [-0.15, -0.1) is 0 Å². The highest BCUT2D eigenvalue weighted by Crippen LogP contribution is 2.02. The molecule has 86 valence electrons. The van der Waals surface area contributed by atoms with Crippen LogP contribution in [0.2, 0.25) is 0 Å². The van der Waals surface area contributed by atoms with Crippen molar-refractivity contribution in [1.29, 1.82) is 0 Å². The number of Topliss-reactive ketones (excluding diaryl/α,β-unsaturated/α-hetero) is 2. The van der Waals surface area contributed by atoms with Gasteiger partial charge in [0.25, 0.3) is 0 Å². The fraction of sp³-hybridized carbons (Fsp3) is 0.400. The van der Waals surface area contributed by atoms with Crippen LogP contribution in [0.1, 0.15) is 23.7 Å². The van der Waals surface area contributed by atoms with E-state index in [1.165, 1.54) is 17.1 Å². The van der Waals surface area contributed by atoms with E-state index in [1.54, 1.807) is 14.0 Å². The van der Waals surface area contributed by atoms with Crippen LogP contribution in [0, 0.1) is 0 Å². The minimum Gasteiger partial charge on any atom is -0.460 e. The topological polar surface area (TPSA) is 78.3 Å². The highest BCUT2D eigenvalue weighted by atomic mass is 16.5. The molecule has 0 N–H and O–H groups in total. The Morgan fingerprint density at radius 3 is 2.62 bits per heavy atom. The highest BCUT2D eigenvalue weighted by molar-refractivity contribution is 6.38. The van der Waals surface area contributed by atoms with Crippen molar-refractivity contribution in [1.82, 2.24) is 9.78 Å². The SMILES string of the molecule is CCOC(=O)C(=O)CC(=O)c1cnn(C)c1. The molecule has 0 radical (unpaired) electrons. The van der Waals surface area contributed by atoms with E-state index in [4.69, 9.17) is 0 Å². The molecular weight excluding hydrogens is 212 g/mol. The summed E-state index contributed by atoms with van der Waals surface area (Å²) in [5.41, 5.74) is 0.306. The molecule has 0 aromatic carbocycles. The quantitative estimate of drug-likeness (QED) is 0.307. The van der Waals surface area contributed by atoms with Gasteiger partial charge in [0.15, 0.2) is 5.78 Å². The lowest BCUT2D eigenvalue weighted by Crippen LogP contribution is -2.20. The zero-order chi connectivity index (χ0) is 12.1. The first-order valence-electron chi connectivity index (χ1n) is 4.76. The molecule has 0 spiro atoms. The molecule has 0 atom stereocenters. The maximum atomic E-state index is 11.5. The maximum Gasteiger partial charge on any atom is 0.375 e. The van der Waals surface area contributed by atoms with Crippen LogP contribution >= 0.6 is 0 Å². The van der Waals surface area contributed by atoms with E-state index < -0.39 is 24.0 Å². The van der Waals surface area contributed by atoms with E-state index in [-0.39, 0.29) is 6.61 Å². The van der Waals surface area contributed by atoms with Crippen molar-refractivity contribution in [3.8, 4) is 0 Å². The average molecular weight is 224 g/mol. The molecule has 0 aliphatic rings. The number of nitrogens with zero attached hydrogens (tertiary/aromatic N) is 2. The average Bonchev–Trinajstić information content (AvgIpc) is 2.65. The van der Waals surface area contributed by atoms with Crippen LogP contribution in [0.3, 0.4) is 0 Å². The van der Waals surface area contributed by atoms with Crippen LogP contribution in [0.15, 0.2) is 12.4 Å². The van der Waals surface area contributed by atoms with Crippen molar-refractivity contribution in [2.75, 3.05) is 6.61 Å². The van der Waals surface area contributed by atoms with Gasteiger partial charge >= 0.3 is 5.97 Å². The van der Waals surface area contributed by atoms with Crippen LogP contribution in [-0.2, 0) is 21.4 Å². The summed E-state index contributed by atoms with van der Waals surface area (Å²) in [6.07, 6.45) is 2.35. The lowest BCUT2D eigenvalue weighted by atomic mass is 10.1. The van der Waals surface area contributed by atoms with Crippen LogP contribution in [-0.4, -0.2) is 33.9 Å². The van der Waals surface area contributed by atoms with E-state index in [0.717, 1.165) is 0 Å². The summed E-state index contributed by atoms with van der Waals surface area (Å²) in [5.74, 6) is -2.25. The van der Waals surface area contributed by atoms with Crippen LogP contribution in [0.5, 0.6) is 0 Å². The number of carbonyl (C=O) groups excluding carboxylic acids is 3. The molecule has 0 amide bonds. The molecule has 0 aliphatic heterocycles. The number of esters is 1. The fourth-order valence-electron chi connectivity index (χ4n) is 1.10. The monoisotopic (exact) mass is 224 g/mol. The molecule has 6 heteroatoms. The van der Waals surface area contributed by atoms with Gasteiger partial charge in [-0.2, -0.15) is 5.10 Å². The van der Waals surface area contributed by atoms with E-state index in [0.29, 0.717) is 5.56 Å². The fourth-order valence-corrected chi connectivity index (χ4v) is 1.10. The second-order valence-electron chi connectivity index (χ2n) is 3.15. The number of carbonyl (C=O) groups is 3. The highest BCUT2D eigenvalue weighted by Gasteiger charge is 2.20. The van der Waals surface area contributed by atoms with E-state index in [2.05, 4.69) is 9.84 Å². The summed E-state index contributed by atoms with van der Waals surface area (Å²) in [6, 6.07) is 0. The van der Waals surface area contributed by atoms with Gasteiger partial charge < -0.3 is 4.74 Å². The Hall–Kier alpha value is -1.98. The summed E-state index contributed by atoms with van der Waals surface area (Å²) in [4.78, 5) is 33.7. The number of hydrogen-bond donors (Lipinski definition) is 0. The second-order valence-corrected chi connectivity index (χ2v) is 3.15. The largest absolute Gasteiger partial charge is 0.460 e. The summed E-state index contributed by atoms with van der Waals surface area (Å²) < 4.78 is 5.93. The number of aromatic nitrogens is 2. The molecule has 1 rings (SSSR count). The number of ketones is 2. The first-order chi connectivity index (χ1) is 7.54. The number of ether oxygens (including phenoxy) is 1. The molecular formula is C10H12N2O4. The summed E-state index contributed by atoms with van der Waals surface area (Å²) >= 11 is 0. The second kappa shape index (κ2) is 5.20. The molecule has 0 fully saturated rings. The van der Waals surface area contributed by atoms with Crippen molar-refractivity contribution in [2.24, 2.45) is 7.05 Å². The van der Waals surface area contributed by atoms with Gasteiger partial charge in [-0.25, -0.2) is 4.79 Å². The van der Waals surface area contributed by atoms with Crippen LogP contribution in [0.25, 0.3) is 0 Å². The molecule has 0 saturated carbocycles. The summed E-state index contributed by atoms with van der Waals surface area (Å²) in [6.45, 7) is 1.71. The van der Waals surface area contributed by atoms with Crippen molar-refractivity contribution in [3.05, 3.63) is 18.0 Å². The Morgan fingerprint density at radius 2 is 2.12 bits per heavy atom. The van der Waals surface area contributed by atoms with Gasteiger partial charge in [0.2, 0.25) is 5.78 Å². The van der Waals surface area contributed by atoms with Crippen molar-refractivity contribution in [2.45, 2.75) is 13.3 Å². The Labute approximate surface area is 92.2 Å². The Kier molecular flexibility index (Phi) is 3.93. The number of aryl methyl sites for hydroxylation is 1. The lowest BCUT2D eigenvalue weighted by Gasteiger charge is -1.98. The van der Waals surface area contributed by atoms with Gasteiger partial charge in [-0.1, -0.05) is 0 Å². The van der Waals surface area contributed by atoms with Crippen molar-refractivity contribution < 1.29 is 19.1 Å². The normalized spacial score (nSPS) is 9.88. The van der Waals surface area contributed by atoms with E-state index >= 15 is 0 Å². The van der Waals surface area contributed by atoms with Gasteiger partial charge in [-0.3, -0.25) is 14.3 Å². The van der Waals surface area contributed by atoms with Gasteiger partial charge in [0, 0.05) is 13.2 Å². The molecule has 1 aromatic rings. The minimum absolute atomic E-state index is 0.117. The molecule has 0 unspecified atom stereocenters. The van der Waals surface area contributed by atoms with Crippen molar-refractivity contribution in [3.63, 3.8) is 0 Å². The Morgan fingerprint density at radius 1 is 1.44 bits per heavy atom. The molecule has 1 aromatic heterocycles. The zero-order valence-corrected chi connectivity index (χ0v) is 9.10. The Balaban J connectivity index is 2.58. The van der Waals surface area contributed by atoms with Gasteiger partial charge in [-0.05, 0) is 6.92 Å². The van der Waals surface area contributed by atoms with Crippen LogP contribution in [0.4, 0.5) is 0 Å². The van der Waals surface area contributed by atoms with Crippen LogP contribution < -0.4 is 0 Å². The molecule has 6 nitrogen and oxygen atoms in total. The van der Waals surface area contributed by atoms with E-state index in [9.17, 15) is 14.4 Å². The molecule has 1 heterocycles. The first kappa shape index (κ1) is 12.1. The standard InChI is InChI=1S/C10H12N2O4/c1-3-16-10(15)9(14)4-8(13)7-5-11-12(2)6-7/h5-6H,3-4H2,1-2H3. The molecule has 0 bridgehead atoms. The Bertz CT molecular complexity index is 422. The van der Waals surface area contributed by atoms with E-state index in [1.807, 2.05) is 0 Å². The molecule has 0 saturated heterocycles.